The van der Waals surface area contributed by atoms with Crippen molar-refractivity contribution in [3.63, 3.8) is 0 Å². The molecule has 0 saturated carbocycles. The van der Waals surface area contributed by atoms with E-state index < -0.39 is 0 Å². The summed E-state index contributed by atoms with van der Waals surface area (Å²) in [5, 5.41) is 19.3. The first-order valence-corrected chi connectivity index (χ1v) is 15.8. The minimum atomic E-state index is 0. The molecule has 0 aliphatic carbocycles. The maximum atomic E-state index is 11.7. The molecular formula is C39H36IrN3O2-. The molecule has 0 spiro atoms. The summed E-state index contributed by atoms with van der Waals surface area (Å²) in [6, 6.07) is 27.6. The Morgan fingerprint density at radius 1 is 0.800 bits per heavy atom. The number of aliphatic hydroxyl groups is 1. The third-order valence-electron chi connectivity index (χ3n) is 9.49. The normalized spacial score (nSPS) is 12.4. The number of aliphatic hydroxyl groups excluding tert-OH is 1. The molecule has 1 N–H and O–H groups in total. The minimum absolute atomic E-state index is 0. The molecule has 0 atom stereocenters. The average Bonchev–Trinajstić information content (AvgIpc) is 3.46. The maximum Gasteiger partial charge on any atom is 0.162 e. The van der Waals surface area contributed by atoms with Crippen LogP contribution in [0.25, 0.3) is 70.7 Å². The first-order chi connectivity index (χ1) is 21.5. The molecular weight excluding hydrogens is 735 g/mol. The van der Waals surface area contributed by atoms with Crippen LogP contribution in [-0.2, 0) is 24.9 Å². The fourth-order valence-electron chi connectivity index (χ4n) is 7.00. The first kappa shape index (κ1) is 30.9. The number of hydrogen-bond donors (Lipinski definition) is 1. The minimum Gasteiger partial charge on any atom is -0.512 e. The van der Waals surface area contributed by atoms with E-state index in [1.54, 1.807) is 6.33 Å². The van der Waals surface area contributed by atoms with Crippen molar-refractivity contribution >= 4 is 76.5 Å². The quantitative estimate of drug-likeness (QED) is 0.0576. The van der Waals surface area contributed by atoms with E-state index in [0.717, 1.165) is 53.0 Å². The summed E-state index contributed by atoms with van der Waals surface area (Å²) in [7, 11) is 0. The molecule has 1 radical (unpaired) electrons. The van der Waals surface area contributed by atoms with Crippen LogP contribution < -0.4 is 0 Å². The van der Waals surface area contributed by atoms with E-state index in [0.29, 0.717) is 0 Å². The smallest absolute Gasteiger partial charge is 0.162 e. The van der Waals surface area contributed by atoms with Crippen molar-refractivity contribution in [1.29, 1.82) is 0 Å². The number of allylic oxidation sites excluding steroid dienone is 2. The van der Waals surface area contributed by atoms with Crippen LogP contribution in [0.15, 0.2) is 84.9 Å². The number of nitrogens with zero attached hydrogens (tertiary/aromatic N) is 3. The van der Waals surface area contributed by atoms with Crippen LogP contribution in [0.2, 0.25) is 0 Å². The van der Waals surface area contributed by atoms with Crippen molar-refractivity contribution < 1.29 is 30.0 Å². The number of benzene rings is 4. The van der Waals surface area contributed by atoms with Gasteiger partial charge in [0.05, 0.1) is 22.3 Å². The molecule has 8 aromatic rings. The predicted octanol–water partition coefficient (Wildman–Crippen LogP) is 10.2. The Balaban J connectivity index is 0.000000194. The fourth-order valence-corrected chi connectivity index (χ4v) is 7.00. The van der Waals surface area contributed by atoms with E-state index in [2.05, 4.69) is 77.2 Å². The second-order valence-corrected chi connectivity index (χ2v) is 11.8. The van der Waals surface area contributed by atoms with Gasteiger partial charge >= 0.3 is 0 Å². The summed E-state index contributed by atoms with van der Waals surface area (Å²) < 4.78 is 2.38. The van der Waals surface area contributed by atoms with Crippen molar-refractivity contribution in [3.05, 3.63) is 91.0 Å². The fraction of sp³-hybridized carbons (Fsp3) is 0.256. The van der Waals surface area contributed by atoms with Crippen LogP contribution >= 0.6 is 0 Å². The summed E-state index contributed by atoms with van der Waals surface area (Å²) in [6.07, 6.45) is 6.60. The number of pyridine rings is 2. The summed E-state index contributed by atoms with van der Waals surface area (Å²) in [5.74, 6) is 0.547. The molecule has 0 aliphatic heterocycles. The standard InChI is InChI=1S/C26H12N3.C13H24O2.Ir/c1-2-5-16-11-20-19(10-15(16)4-1)21-12-17-9-8-14-6-3-7-18-22(14)25(17)29(21)26-23(18)27-13-28-24(20)26;1-5-10(6-2)12(14)9-13(15)11(7-3)8-4;/h1-10,12-13H;9-11,14H,5-8H2,1-4H3;/q-1;;/b;12-9-;. The van der Waals surface area contributed by atoms with Crippen molar-refractivity contribution in [2.24, 2.45) is 11.8 Å². The van der Waals surface area contributed by atoms with Gasteiger partial charge in [0.1, 0.15) is 6.33 Å². The first-order valence-electron chi connectivity index (χ1n) is 15.8. The zero-order valence-corrected chi connectivity index (χ0v) is 28.4. The van der Waals surface area contributed by atoms with Gasteiger partial charge in [-0.15, -0.1) is 23.6 Å². The number of rotatable bonds is 7. The molecule has 5 nitrogen and oxygen atoms in total. The molecule has 45 heavy (non-hydrogen) atoms. The number of aromatic nitrogens is 3. The Kier molecular flexibility index (Phi) is 8.47. The van der Waals surface area contributed by atoms with Gasteiger partial charge in [-0.1, -0.05) is 92.4 Å². The van der Waals surface area contributed by atoms with Gasteiger partial charge in [-0.2, -0.15) is 0 Å². The van der Waals surface area contributed by atoms with Crippen LogP contribution in [0.5, 0.6) is 0 Å². The molecule has 4 heterocycles. The van der Waals surface area contributed by atoms with Crippen molar-refractivity contribution in [1.82, 2.24) is 14.4 Å². The number of carbonyl (C=O) groups excluding carboxylic acids is 1. The molecule has 0 amide bonds. The molecule has 229 valence electrons. The van der Waals surface area contributed by atoms with Crippen LogP contribution in [0.4, 0.5) is 0 Å². The molecule has 0 bridgehead atoms. The Bertz CT molecular complexity index is 2330. The Hall–Kier alpha value is -4.12. The van der Waals surface area contributed by atoms with Crippen molar-refractivity contribution in [2.75, 3.05) is 0 Å². The average molecular weight is 771 g/mol. The largest absolute Gasteiger partial charge is 0.512 e. The maximum absolute atomic E-state index is 11.7. The Labute approximate surface area is 276 Å². The van der Waals surface area contributed by atoms with Crippen LogP contribution in [0.1, 0.15) is 53.4 Å². The van der Waals surface area contributed by atoms with Gasteiger partial charge in [0.15, 0.2) is 5.78 Å². The number of fused-ring (bicyclic) bond motifs is 5. The van der Waals surface area contributed by atoms with E-state index in [-0.39, 0.29) is 43.5 Å². The molecule has 8 rings (SSSR count). The van der Waals surface area contributed by atoms with Gasteiger partial charge in [-0.25, -0.2) is 4.98 Å². The van der Waals surface area contributed by atoms with Crippen LogP contribution in [-0.4, -0.2) is 25.3 Å². The van der Waals surface area contributed by atoms with E-state index in [4.69, 9.17) is 9.97 Å². The predicted molar refractivity (Wildman–Crippen MR) is 183 cm³/mol. The third-order valence-corrected chi connectivity index (χ3v) is 9.49. The topological polar surface area (TPSA) is 67.5 Å². The summed E-state index contributed by atoms with van der Waals surface area (Å²) >= 11 is 0. The van der Waals surface area contributed by atoms with Gasteiger partial charge in [0.2, 0.25) is 0 Å². The SMILES string of the molecule is CCC(CC)C(=O)/C=C(\O)C(CC)CC.[Ir].[c-]1c2ccccc2cc2c1c1ncnc3c4cccc5ccc6cc2n(c13)c6c54. The van der Waals surface area contributed by atoms with Gasteiger partial charge in [0, 0.05) is 65.2 Å². The van der Waals surface area contributed by atoms with Crippen molar-refractivity contribution in [3.8, 4) is 0 Å². The molecule has 0 unspecified atom stereocenters. The number of ketones is 1. The third kappa shape index (κ3) is 4.92. The monoisotopic (exact) mass is 771 g/mol. The van der Waals surface area contributed by atoms with E-state index >= 15 is 0 Å². The summed E-state index contributed by atoms with van der Waals surface area (Å²) in [5.41, 5.74) is 5.51. The molecule has 4 aromatic heterocycles. The zero-order chi connectivity index (χ0) is 30.5. The summed E-state index contributed by atoms with van der Waals surface area (Å²) in [4.78, 5) is 21.2. The van der Waals surface area contributed by atoms with Crippen molar-refractivity contribution in [2.45, 2.75) is 53.4 Å². The van der Waals surface area contributed by atoms with Gasteiger partial charge in [-0.05, 0) is 37.1 Å². The molecule has 6 heteroatoms. The number of carbonyl (C=O) groups is 1. The van der Waals surface area contributed by atoms with Crippen LogP contribution in [0, 0.1) is 17.9 Å². The Morgan fingerprint density at radius 2 is 1.49 bits per heavy atom. The van der Waals surface area contributed by atoms with Gasteiger partial charge in [0.25, 0.3) is 0 Å². The second-order valence-electron chi connectivity index (χ2n) is 11.8. The summed E-state index contributed by atoms with van der Waals surface area (Å²) in [6.45, 7) is 8.07. The number of hydrogen-bond acceptors (Lipinski definition) is 4. The second kappa shape index (κ2) is 12.3. The van der Waals surface area contributed by atoms with Gasteiger partial charge < -0.3 is 9.51 Å². The Morgan fingerprint density at radius 3 is 2.24 bits per heavy atom. The molecule has 0 aliphatic rings. The zero-order valence-electron chi connectivity index (χ0n) is 26.0. The van der Waals surface area contributed by atoms with E-state index in [1.165, 1.54) is 49.4 Å². The van der Waals surface area contributed by atoms with E-state index in [9.17, 15) is 9.90 Å². The van der Waals surface area contributed by atoms with Crippen LogP contribution in [0.3, 0.4) is 0 Å². The molecule has 0 fully saturated rings. The molecule has 4 aromatic carbocycles. The van der Waals surface area contributed by atoms with E-state index in [1.807, 2.05) is 27.7 Å². The van der Waals surface area contributed by atoms with Gasteiger partial charge in [-0.3, -0.25) is 9.78 Å². The molecule has 0 saturated heterocycles.